The number of piperidine rings is 1. The van der Waals surface area contributed by atoms with E-state index in [4.69, 9.17) is 9.84 Å². The van der Waals surface area contributed by atoms with Gasteiger partial charge in [-0.2, -0.15) is 0 Å². The second-order valence-electron chi connectivity index (χ2n) is 5.40. The van der Waals surface area contributed by atoms with Crippen LogP contribution in [0.1, 0.15) is 18.4 Å². The Bertz CT molecular complexity index is 559. The number of carbonyl (C=O) groups excluding carboxylic acids is 2. The summed E-state index contributed by atoms with van der Waals surface area (Å²) >= 11 is 0. The largest absolute Gasteiger partial charge is 0.473 e. The van der Waals surface area contributed by atoms with Crippen LogP contribution < -0.4 is 0 Å². The van der Waals surface area contributed by atoms with E-state index in [0.29, 0.717) is 13.1 Å². The predicted octanol–water partition coefficient (Wildman–Crippen LogP) is 1.66. The summed E-state index contributed by atoms with van der Waals surface area (Å²) < 4.78 is 9.95. The lowest BCUT2D eigenvalue weighted by Crippen LogP contribution is -2.41. The van der Waals surface area contributed by atoms with E-state index < -0.39 is 18.0 Å². The maximum absolute atomic E-state index is 12.1. The van der Waals surface area contributed by atoms with Crippen molar-refractivity contribution in [3.63, 3.8) is 0 Å². The maximum atomic E-state index is 12.1. The number of carbonyl (C=O) groups is 3. The van der Waals surface area contributed by atoms with Crippen LogP contribution in [0.3, 0.4) is 0 Å². The van der Waals surface area contributed by atoms with Crippen LogP contribution in [0.5, 0.6) is 0 Å². The van der Waals surface area contributed by atoms with Gasteiger partial charge in [-0.25, -0.2) is 14.4 Å². The topological polar surface area (TPSA) is 93.1 Å². The van der Waals surface area contributed by atoms with E-state index in [1.165, 1.54) is 0 Å². The molecule has 2 rings (SSSR count). The van der Waals surface area contributed by atoms with Crippen molar-refractivity contribution in [3.8, 4) is 0 Å². The fourth-order valence-electron chi connectivity index (χ4n) is 2.43. The van der Waals surface area contributed by atoms with E-state index in [1.54, 1.807) is 4.90 Å². The summed E-state index contributed by atoms with van der Waals surface area (Å²) in [6.45, 7) is 1.17. The fourth-order valence-corrected chi connectivity index (χ4v) is 2.43. The van der Waals surface area contributed by atoms with E-state index in [-0.39, 0.29) is 19.1 Å². The Morgan fingerprint density at radius 3 is 2.61 bits per heavy atom. The SMILES string of the molecule is O=C(O)C(=O)OCC1CCCN(C(=O)OCc2ccccc2)C1. The van der Waals surface area contributed by atoms with E-state index in [2.05, 4.69) is 4.74 Å². The molecular formula is C16H19NO6. The molecule has 0 aromatic heterocycles. The molecule has 23 heavy (non-hydrogen) atoms. The number of esters is 1. The van der Waals surface area contributed by atoms with Gasteiger partial charge in [0.1, 0.15) is 6.61 Å². The molecule has 124 valence electrons. The molecule has 7 nitrogen and oxygen atoms in total. The first-order valence-electron chi connectivity index (χ1n) is 7.42. The van der Waals surface area contributed by atoms with Crippen LogP contribution in [0.2, 0.25) is 0 Å². The second kappa shape index (κ2) is 8.17. The molecule has 1 unspecified atom stereocenters. The quantitative estimate of drug-likeness (QED) is 0.670. The average molecular weight is 321 g/mol. The molecular weight excluding hydrogens is 302 g/mol. The first-order chi connectivity index (χ1) is 11.1. The van der Waals surface area contributed by atoms with Crippen molar-refractivity contribution < 1.29 is 29.0 Å². The van der Waals surface area contributed by atoms with Gasteiger partial charge in [0.25, 0.3) is 0 Å². The molecule has 0 radical (unpaired) electrons. The van der Waals surface area contributed by atoms with Gasteiger partial charge in [-0.3, -0.25) is 0 Å². The standard InChI is InChI=1S/C16H19NO6/c18-14(19)15(20)22-11-13-7-4-8-17(9-13)16(21)23-10-12-5-2-1-3-6-12/h1-3,5-6,13H,4,7-11H2,(H,18,19). The zero-order valence-electron chi connectivity index (χ0n) is 12.6. The monoisotopic (exact) mass is 321 g/mol. The minimum Gasteiger partial charge on any atom is -0.473 e. The van der Waals surface area contributed by atoms with Crippen molar-refractivity contribution in [2.75, 3.05) is 19.7 Å². The van der Waals surface area contributed by atoms with Crippen LogP contribution >= 0.6 is 0 Å². The first-order valence-corrected chi connectivity index (χ1v) is 7.42. The predicted molar refractivity (Wildman–Crippen MR) is 79.5 cm³/mol. The maximum Gasteiger partial charge on any atom is 0.417 e. The molecule has 1 atom stereocenters. The number of aliphatic carboxylic acids is 1. The number of carboxylic acids is 1. The third-order valence-electron chi connectivity index (χ3n) is 3.61. The van der Waals surface area contributed by atoms with E-state index in [9.17, 15) is 14.4 Å². The normalized spacial score (nSPS) is 17.4. The molecule has 7 heteroatoms. The zero-order chi connectivity index (χ0) is 16.7. The van der Waals surface area contributed by atoms with Gasteiger partial charge in [0.2, 0.25) is 0 Å². The van der Waals surface area contributed by atoms with Crippen LogP contribution in [-0.4, -0.2) is 47.7 Å². The van der Waals surface area contributed by atoms with Gasteiger partial charge in [0.15, 0.2) is 0 Å². The van der Waals surface area contributed by atoms with Crippen LogP contribution in [0.4, 0.5) is 4.79 Å². The third-order valence-corrected chi connectivity index (χ3v) is 3.61. The zero-order valence-corrected chi connectivity index (χ0v) is 12.6. The summed E-state index contributed by atoms with van der Waals surface area (Å²) in [7, 11) is 0. The van der Waals surface area contributed by atoms with Crippen LogP contribution in [0.25, 0.3) is 0 Å². The third kappa shape index (κ3) is 5.28. The highest BCUT2D eigenvalue weighted by Crippen LogP contribution is 2.18. The molecule has 1 aliphatic rings. The van der Waals surface area contributed by atoms with Gasteiger partial charge >= 0.3 is 18.0 Å². The number of hydrogen-bond donors (Lipinski definition) is 1. The van der Waals surface area contributed by atoms with Crippen molar-refractivity contribution in [2.24, 2.45) is 5.92 Å². The molecule has 1 amide bonds. The highest BCUT2D eigenvalue weighted by atomic mass is 16.6. The number of nitrogens with zero attached hydrogens (tertiary/aromatic N) is 1. The van der Waals surface area contributed by atoms with Gasteiger partial charge in [-0.1, -0.05) is 30.3 Å². The van der Waals surface area contributed by atoms with Crippen LogP contribution in [-0.2, 0) is 25.7 Å². The molecule has 1 aliphatic heterocycles. The van der Waals surface area contributed by atoms with Crippen LogP contribution in [0, 0.1) is 5.92 Å². The lowest BCUT2D eigenvalue weighted by Gasteiger charge is -2.31. The summed E-state index contributed by atoms with van der Waals surface area (Å²) in [5, 5.41) is 8.47. The number of carboxylic acid groups (broad SMARTS) is 1. The molecule has 0 aliphatic carbocycles. The Morgan fingerprint density at radius 2 is 1.91 bits per heavy atom. The second-order valence-corrected chi connectivity index (χ2v) is 5.40. The molecule has 0 saturated carbocycles. The molecule has 1 aromatic rings. The Kier molecular flexibility index (Phi) is 5.96. The van der Waals surface area contributed by atoms with Gasteiger partial charge < -0.3 is 19.5 Å². The van der Waals surface area contributed by atoms with Crippen molar-refractivity contribution in [2.45, 2.75) is 19.4 Å². The number of likely N-dealkylation sites (tertiary alicyclic amines) is 1. The molecule has 1 fully saturated rings. The summed E-state index contributed by atoms with van der Waals surface area (Å²) in [4.78, 5) is 35.0. The lowest BCUT2D eigenvalue weighted by atomic mass is 9.99. The van der Waals surface area contributed by atoms with Crippen molar-refractivity contribution in [3.05, 3.63) is 35.9 Å². The Hall–Kier alpha value is -2.57. The fraction of sp³-hybridized carbons (Fsp3) is 0.438. The number of hydrogen-bond acceptors (Lipinski definition) is 5. The highest BCUT2D eigenvalue weighted by molar-refractivity contribution is 6.28. The number of amides is 1. The molecule has 1 heterocycles. The average Bonchev–Trinajstić information content (AvgIpc) is 2.58. The number of benzene rings is 1. The molecule has 0 bridgehead atoms. The number of rotatable bonds is 4. The lowest BCUT2D eigenvalue weighted by molar-refractivity contribution is -0.165. The summed E-state index contributed by atoms with van der Waals surface area (Å²) in [6.07, 6.45) is 1.12. The van der Waals surface area contributed by atoms with Gasteiger partial charge in [0, 0.05) is 19.0 Å². The minimum absolute atomic E-state index is 0.00635. The van der Waals surface area contributed by atoms with Crippen LogP contribution in [0.15, 0.2) is 30.3 Å². The molecule has 1 aromatic carbocycles. The van der Waals surface area contributed by atoms with Gasteiger partial charge in [0.05, 0.1) is 6.61 Å². The van der Waals surface area contributed by atoms with E-state index in [0.717, 1.165) is 18.4 Å². The Balaban J connectivity index is 1.77. The summed E-state index contributed by atoms with van der Waals surface area (Å²) in [5.41, 5.74) is 0.907. The smallest absolute Gasteiger partial charge is 0.417 e. The Morgan fingerprint density at radius 1 is 1.17 bits per heavy atom. The summed E-state index contributed by atoms with van der Waals surface area (Å²) in [5.74, 6) is -2.95. The van der Waals surface area contributed by atoms with E-state index >= 15 is 0 Å². The Labute approximate surface area is 133 Å². The molecule has 1 N–H and O–H groups in total. The highest BCUT2D eigenvalue weighted by Gasteiger charge is 2.26. The van der Waals surface area contributed by atoms with Gasteiger partial charge in [-0.05, 0) is 18.4 Å². The minimum atomic E-state index is -1.61. The summed E-state index contributed by atoms with van der Waals surface area (Å²) in [6, 6.07) is 9.38. The number of ether oxygens (including phenoxy) is 2. The van der Waals surface area contributed by atoms with Crippen molar-refractivity contribution in [1.82, 2.24) is 4.90 Å². The molecule has 0 spiro atoms. The molecule has 1 saturated heterocycles. The van der Waals surface area contributed by atoms with Gasteiger partial charge in [-0.15, -0.1) is 0 Å². The van der Waals surface area contributed by atoms with E-state index in [1.807, 2.05) is 30.3 Å². The van der Waals surface area contributed by atoms with Crippen molar-refractivity contribution in [1.29, 1.82) is 0 Å². The first kappa shape index (κ1) is 16.8. The van der Waals surface area contributed by atoms with Crippen molar-refractivity contribution >= 4 is 18.0 Å².